The number of carbonyl (C=O) groups excluding carboxylic acids is 1. The van der Waals surface area contributed by atoms with Crippen LogP contribution >= 0.6 is 0 Å². The van der Waals surface area contributed by atoms with Crippen molar-refractivity contribution in [1.82, 2.24) is 24.8 Å². The first-order chi connectivity index (χ1) is 11.6. The Bertz CT molecular complexity index is 854. The second-order valence-corrected chi connectivity index (χ2v) is 5.58. The number of nitrogens with zero attached hydrogens (tertiary/aromatic N) is 4. The minimum Gasteiger partial charge on any atom is -0.384 e. The molecule has 0 radical (unpaired) electrons. The fourth-order valence-corrected chi connectivity index (χ4v) is 2.26. The van der Waals surface area contributed by atoms with Gasteiger partial charge in [0, 0.05) is 25.9 Å². The van der Waals surface area contributed by atoms with E-state index in [-0.39, 0.29) is 5.91 Å². The van der Waals surface area contributed by atoms with E-state index in [1.165, 1.54) is 0 Å². The number of hydrogen-bond acceptors (Lipinski definition) is 6. The van der Waals surface area contributed by atoms with Gasteiger partial charge in [0.1, 0.15) is 17.4 Å². The molecule has 0 spiro atoms. The lowest BCUT2D eigenvalue weighted by molar-refractivity contribution is 0.0928. The van der Waals surface area contributed by atoms with Crippen LogP contribution in [0.2, 0.25) is 0 Å². The van der Waals surface area contributed by atoms with Crippen LogP contribution in [0, 0.1) is 6.92 Å². The van der Waals surface area contributed by atoms with E-state index in [9.17, 15) is 4.79 Å². The van der Waals surface area contributed by atoms with Gasteiger partial charge in [-0.05, 0) is 31.5 Å². The van der Waals surface area contributed by atoms with Gasteiger partial charge in [-0.25, -0.2) is 4.98 Å². The highest BCUT2D eigenvalue weighted by molar-refractivity contribution is 5.93. The van der Waals surface area contributed by atoms with Crippen molar-refractivity contribution >= 4 is 11.6 Å². The summed E-state index contributed by atoms with van der Waals surface area (Å²) in [7, 11) is 1.61. The number of aryl methyl sites for hydroxylation is 1. The van der Waals surface area contributed by atoms with E-state index in [4.69, 9.17) is 9.26 Å². The third kappa shape index (κ3) is 3.43. The van der Waals surface area contributed by atoms with Gasteiger partial charge in [0.05, 0.1) is 6.61 Å². The SMILES string of the molecule is COCCc1noc([C@H](C)NC(=O)c2cn3ccc(C)cc3n2)n1. The van der Waals surface area contributed by atoms with Crippen molar-refractivity contribution in [2.45, 2.75) is 26.3 Å². The Kier molecular flexibility index (Phi) is 4.57. The summed E-state index contributed by atoms with van der Waals surface area (Å²) in [5.74, 6) is 0.616. The number of pyridine rings is 1. The molecule has 3 rings (SSSR count). The number of fused-ring (bicyclic) bond motifs is 1. The van der Waals surface area contributed by atoms with Crippen molar-refractivity contribution in [2.75, 3.05) is 13.7 Å². The quantitative estimate of drug-likeness (QED) is 0.740. The molecule has 0 aliphatic carbocycles. The van der Waals surface area contributed by atoms with Crippen LogP contribution in [0.4, 0.5) is 0 Å². The van der Waals surface area contributed by atoms with Crippen molar-refractivity contribution < 1.29 is 14.1 Å². The average molecular weight is 329 g/mol. The second kappa shape index (κ2) is 6.79. The zero-order valence-electron chi connectivity index (χ0n) is 13.8. The number of amides is 1. The molecule has 3 aromatic rings. The summed E-state index contributed by atoms with van der Waals surface area (Å²) < 4.78 is 12.0. The van der Waals surface area contributed by atoms with Crippen molar-refractivity contribution in [3.05, 3.63) is 47.5 Å². The Morgan fingerprint density at radius 3 is 3.08 bits per heavy atom. The summed E-state index contributed by atoms with van der Waals surface area (Å²) in [6, 6.07) is 3.46. The molecule has 0 saturated heterocycles. The summed E-state index contributed by atoms with van der Waals surface area (Å²) in [6.45, 7) is 4.28. The fourth-order valence-electron chi connectivity index (χ4n) is 2.26. The monoisotopic (exact) mass is 329 g/mol. The van der Waals surface area contributed by atoms with Gasteiger partial charge < -0.3 is 19.0 Å². The third-order valence-electron chi connectivity index (χ3n) is 3.58. The van der Waals surface area contributed by atoms with Gasteiger partial charge in [-0.3, -0.25) is 4.79 Å². The number of methoxy groups -OCH3 is 1. The molecule has 0 aromatic carbocycles. The van der Waals surface area contributed by atoms with Crippen LogP contribution in [0.1, 0.15) is 40.7 Å². The van der Waals surface area contributed by atoms with E-state index in [0.29, 0.717) is 30.4 Å². The molecule has 0 fully saturated rings. The number of aromatic nitrogens is 4. The molecule has 24 heavy (non-hydrogen) atoms. The highest BCUT2D eigenvalue weighted by Crippen LogP contribution is 2.12. The molecular formula is C16H19N5O3. The van der Waals surface area contributed by atoms with Gasteiger partial charge in [0.15, 0.2) is 5.82 Å². The molecule has 8 heteroatoms. The highest BCUT2D eigenvalue weighted by Gasteiger charge is 2.19. The molecule has 0 unspecified atom stereocenters. The zero-order valence-corrected chi connectivity index (χ0v) is 13.8. The number of ether oxygens (including phenoxy) is 1. The number of carbonyl (C=O) groups is 1. The van der Waals surface area contributed by atoms with E-state index in [2.05, 4.69) is 20.4 Å². The largest absolute Gasteiger partial charge is 0.384 e. The molecule has 1 amide bonds. The summed E-state index contributed by atoms with van der Waals surface area (Å²) in [5.41, 5.74) is 2.15. The van der Waals surface area contributed by atoms with E-state index >= 15 is 0 Å². The molecule has 0 saturated carbocycles. The van der Waals surface area contributed by atoms with Crippen LogP contribution in [0.3, 0.4) is 0 Å². The van der Waals surface area contributed by atoms with Gasteiger partial charge >= 0.3 is 0 Å². The molecular weight excluding hydrogens is 310 g/mol. The fraction of sp³-hybridized carbons (Fsp3) is 0.375. The Balaban J connectivity index is 1.69. The summed E-state index contributed by atoms with van der Waals surface area (Å²) in [6.07, 6.45) is 4.12. The van der Waals surface area contributed by atoms with Crippen LogP contribution in [-0.2, 0) is 11.2 Å². The molecule has 0 aliphatic heterocycles. The molecule has 8 nitrogen and oxygen atoms in total. The minimum absolute atomic E-state index is 0.291. The second-order valence-electron chi connectivity index (χ2n) is 5.58. The van der Waals surface area contributed by atoms with Crippen molar-refractivity contribution in [3.8, 4) is 0 Å². The maximum atomic E-state index is 12.4. The predicted molar refractivity (Wildman–Crippen MR) is 85.7 cm³/mol. The molecule has 1 N–H and O–H groups in total. The topological polar surface area (TPSA) is 94.6 Å². The van der Waals surface area contributed by atoms with Gasteiger partial charge in [-0.1, -0.05) is 5.16 Å². The molecule has 126 valence electrons. The summed E-state index contributed by atoms with van der Waals surface area (Å²) >= 11 is 0. The standard InChI is InChI=1S/C16H19N5O3/c1-10-4-6-21-9-12(18-14(21)8-10)15(22)17-11(2)16-19-13(20-24-16)5-7-23-3/h4,6,8-9,11H,5,7H2,1-3H3,(H,17,22)/t11-/m0/s1. The Labute approximate surface area is 138 Å². The van der Waals surface area contributed by atoms with E-state index in [1.807, 2.05) is 29.7 Å². The van der Waals surface area contributed by atoms with Crippen LogP contribution in [0.15, 0.2) is 29.0 Å². The van der Waals surface area contributed by atoms with Crippen molar-refractivity contribution in [2.24, 2.45) is 0 Å². The van der Waals surface area contributed by atoms with Crippen molar-refractivity contribution in [1.29, 1.82) is 0 Å². The van der Waals surface area contributed by atoms with Crippen LogP contribution in [-0.4, -0.2) is 39.1 Å². The number of hydrogen-bond donors (Lipinski definition) is 1. The Morgan fingerprint density at radius 1 is 1.46 bits per heavy atom. The predicted octanol–water partition coefficient (Wildman–Crippen LogP) is 1.71. The van der Waals surface area contributed by atoms with Gasteiger partial charge in [0.25, 0.3) is 5.91 Å². The number of nitrogens with one attached hydrogen (secondary N) is 1. The van der Waals surface area contributed by atoms with E-state index in [0.717, 1.165) is 11.2 Å². The first kappa shape index (κ1) is 16.1. The molecule has 0 bridgehead atoms. The first-order valence-electron chi connectivity index (χ1n) is 7.64. The van der Waals surface area contributed by atoms with E-state index < -0.39 is 6.04 Å². The molecule has 3 heterocycles. The van der Waals surface area contributed by atoms with Crippen LogP contribution < -0.4 is 5.32 Å². The first-order valence-corrected chi connectivity index (χ1v) is 7.64. The van der Waals surface area contributed by atoms with Crippen molar-refractivity contribution in [3.63, 3.8) is 0 Å². The zero-order chi connectivity index (χ0) is 17.1. The lowest BCUT2D eigenvalue weighted by atomic mass is 10.3. The van der Waals surface area contributed by atoms with Crippen LogP contribution in [0.5, 0.6) is 0 Å². The highest BCUT2D eigenvalue weighted by atomic mass is 16.5. The lowest BCUT2D eigenvalue weighted by Gasteiger charge is -2.07. The van der Waals surface area contributed by atoms with Gasteiger partial charge in [0.2, 0.25) is 5.89 Å². The van der Waals surface area contributed by atoms with Crippen LogP contribution in [0.25, 0.3) is 5.65 Å². The number of rotatable bonds is 6. The summed E-state index contributed by atoms with van der Waals surface area (Å²) in [5, 5.41) is 6.68. The minimum atomic E-state index is -0.409. The average Bonchev–Trinajstić information content (AvgIpc) is 3.19. The van der Waals surface area contributed by atoms with Gasteiger partial charge in [-0.15, -0.1) is 0 Å². The molecule has 1 atom stereocenters. The summed E-state index contributed by atoms with van der Waals surface area (Å²) in [4.78, 5) is 20.9. The molecule has 0 aliphatic rings. The lowest BCUT2D eigenvalue weighted by Crippen LogP contribution is -2.27. The maximum absolute atomic E-state index is 12.4. The Hall–Kier alpha value is -2.74. The smallest absolute Gasteiger partial charge is 0.272 e. The van der Waals surface area contributed by atoms with E-state index in [1.54, 1.807) is 20.2 Å². The third-order valence-corrected chi connectivity index (χ3v) is 3.58. The molecule has 3 aromatic heterocycles. The normalized spacial score (nSPS) is 12.5. The maximum Gasteiger partial charge on any atom is 0.272 e. The Morgan fingerprint density at radius 2 is 2.29 bits per heavy atom. The van der Waals surface area contributed by atoms with Gasteiger partial charge in [-0.2, -0.15) is 4.98 Å². The number of imidazole rings is 1.